The molecule has 0 saturated heterocycles. The Hall–Kier alpha value is -2.42. The molecular formula is C23H29N3. The molecule has 3 nitrogen and oxygen atoms in total. The van der Waals surface area contributed by atoms with Gasteiger partial charge < -0.3 is 0 Å². The minimum Gasteiger partial charge on any atom is -0.212 e. The van der Waals surface area contributed by atoms with Gasteiger partial charge in [-0.1, -0.05) is 69.7 Å². The fraction of sp³-hybridized carbons (Fsp3) is 0.391. The first-order chi connectivity index (χ1) is 12.4. The molecule has 0 amide bonds. The molecule has 3 aromatic rings. The second-order valence-corrected chi connectivity index (χ2v) is 7.62. The highest BCUT2D eigenvalue weighted by Crippen LogP contribution is 2.39. The molecular weight excluding hydrogens is 318 g/mol. The average Bonchev–Trinajstić information content (AvgIpc) is 2.93. The van der Waals surface area contributed by atoms with Crippen molar-refractivity contribution in [3.05, 3.63) is 64.5 Å². The van der Waals surface area contributed by atoms with Crippen LogP contribution in [0.15, 0.2) is 36.4 Å². The standard InChI is InChI=1S/C21H23N3.C2H6/c1-13-10-14(2)19(15(3)11-13)24-20-16-8-6-7-9-17(16)21(4,5)12-18(22-20)23-24;1-2/h6-11H,12H2,1-5H3;1-2H3. The van der Waals surface area contributed by atoms with E-state index in [1.54, 1.807) is 0 Å². The van der Waals surface area contributed by atoms with Crippen molar-refractivity contribution >= 4 is 0 Å². The van der Waals surface area contributed by atoms with Crippen LogP contribution in [0.25, 0.3) is 17.1 Å². The van der Waals surface area contributed by atoms with Crippen molar-refractivity contribution in [3.8, 4) is 17.1 Å². The van der Waals surface area contributed by atoms with Gasteiger partial charge in [-0.2, -0.15) is 5.10 Å². The third-order valence-electron chi connectivity index (χ3n) is 5.00. The van der Waals surface area contributed by atoms with Gasteiger partial charge in [0.05, 0.1) is 5.69 Å². The number of benzene rings is 2. The van der Waals surface area contributed by atoms with E-state index in [2.05, 4.69) is 71.0 Å². The molecule has 1 aliphatic heterocycles. The van der Waals surface area contributed by atoms with E-state index in [1.165, 1.54) is 27.8 Å². The van der Waals surface area contributed by atoms with Crippen LogP contribution in [0.1, 0.15) is 55.8 Å². The third kappa shape index (κ3) is 2.96. The van der Waals surface area contributed by atoms with Crippen LogP contribution in [0.4, 0.5) is 0 Å². The summed E-state index contributed by atoms with van der Waals surface area (Å²) < 4.78 is 2.05. The average molecular weight is 348 g/mol. The highest BCUT2D eigenvalue weighted by atomic mass is 15.4. The van der Waals surface area contributed by atoms with E-state index in [1.807, 2.05) is 18.5 Å². The molecule has 2 aromatic carbocycles. The second-order valence-electron chi connectivity index (χ2n) is 7.62. The molecule has 0 aliphatic carbocycles. The molecule has 0 saturated carbocycles. The predicted molar refractivity (Wildman–Crippen MR) is 109 cm³/mol. The lowest BCUT2D eigenvalue weighted by atomic mass is 9.79. The highest BCUT2D eigenvalue weighted by molar-refractivity contribution is 5.67. The summed E-state index contributed by atoms with van der Waals surface area (Å²) in [4.78, 5) is 4.88. The van der Waals surface area contributed by atoms with Gasteiger partial charge in [0.2, 0.25) is 0 Å². The normalized spacial score (nSPS) is 14.1. The van der Waals surface area contributed by atoms with E-state index in [4.69, 9.17) is 10.1 Å². The maximum absolute atomic E-state index is 4.88. The van der Waals surface area contributed by atoms with Crippen LogP contribution in [0.2, 0.25) is 0 Å². The quantitative estimate of drug-likeness (QED) is 0.563. The topological polar surface area (TPSA) is 30.7 Å². The summed E-state index contributed by atoms with van der Waals surface area (Å²) in [7, 11) is 0. The Morgan fingerprint density at radius 3 is 2.23 bits per heavy atom. The molecule has 136 valence electrons. The van der Waals surface area contributed by atoms with Gasteiger partial charge in [-0.25, -0.2) is 9.67 Å². The van der Waals surface area contributed by atoms with Gasteiger partial charge in [0.1, 0.15) is 0 Å². The third-order valence-corrected chi connectivity index (χ3v) is 5.00. The Labute approximate surface area is 157 Å². The first kappa shape index (κ1) is 18.4. The predicted octanol–water partition coefficient (Wildman–Crippen LogP) is 5.72. The lowest BCUT2D eigenvalue weighted by Crippen LogP contribution is -2.22. The fourth-order valence-electron chi connectivity index (χ4n) is 4.03. The molecule has 4 rings (SSSR count). The van der Waals surface area contributed by atoms with Crippen molar-refractivity contribution in [1.29, 1.82) is 0 Å². The smallest absolute Gasteiger partial charge is 0.163 e. The summed E-state index contributed by atoms with van der Waals surface area (Å²) in [5.74, 6) is 1.88. The van der Waals surface area contributed by atoms with E-state index in [0.717, 1.165) is 23.8 Å². The van der Waals surface area contributed by atoms with Gasteiger partial charge in [0.25, 0.3) is 0 Å². The van der Waals surface area contributed by atoms with Crippen LogP contribution in [-0.2, 0) is 11.8 Å². The van der Waals surface area contributed by atoms with Crippen molar-refractivity contribution in [2.24, 2.45) is 0 Å². The van der Waals surface area contributed by atoms with E-state index < -0.39 is 0 Å². The van der Waals surface area contributed by atoms with Crippen LogP contribution in [0.5, 0.6) is 0 Å². The zero-order valence-corrected chi connectivity index (χ0v) is 17.0. The molecule has 0 spiro atoms. The van der Waals surface area contributed by atoms with Crippen LogP contribution in [-0.4, -0.2) is 14.8 Å². The molecule has 26 heavy (non-hydrogen) atoms. The summed E-state index contributed by atoms with van der Waals surface area (Å²) in [6, 6.07) is 13.0. The largest absolute Gasteiger partial charge is 0.212 e. The summed E-state index contributed by atoms with van der Waals surface area (Å²) in [5.41, 5.74) is 7.50. The maximum Gasteiger partial charge on any atom is 0.163 e. The number of hydrogen-bond donors (Lipinski definition) is 0. The summed E-state index contributed by atoms with van der Waals surface area (Å²) in [5, 5.41) is 4.87. The van der Waals surface area contributed by atoms with Gasteiger partial charge in [-0.05, 0) is 42.9 Å². The molecule has 0 atom stereocenters. The zero-order chi connectivity index (χ0) is 19.1. The van der Waals surface area contributed by atoms with Crippen LogP contribution in [0.3, 0.4) is 0 Å². The number of nitrogens with zero attached hydrogens (tertiary/aromatic N) is 3. The van der Waals surface area contributed by atoms with Crippen LogP contribution >= 0.6 is 0 Å². The van der Waals surface area contributed by atoms with E-state index in [0.29, 0.717) is 0 Å². The minimum atomic E-state index is 0.0458. The number of aromatic nitrogens is 3. The molecule has 1 aromatic heterocycles. The molecule has 2 bridgehead atoms. The Kier molecular flexibility index (Phi) is 4.74. The number of hydrogen-bond acceptors (Lipinski definition) is 2. The second kappa shape index (κ2) is 6.71. The van der Waals surface area contributed by atoms with E-state index in [9.17, 15) is 0 Å². The van der Waals surface area contributed by atoms with Crippen molar-refractivity contribution in [1.82, 2.24) is 14.8 Å². The SMILES string of the molecule is CC.Cc1cc(C)c(-n2nc3nc2-c2ccccc2C(C)(C)C3)c(C)c1. The number of rotatable bonds is 1. The van der Waals surface area contributed by atoms with Gasteiger partial charge in [-0.15, -0.1) is 0 Å². The molecule has 3 heteroatoms. The van der Waals surface area contributed by atoms with Gasteiger partial charge >= 0.3 is 0 Å². The minimum absolute atomic E-state index is 0.0458. The molecule has 2 heterocycles. The Bertz CT molecular complexity index is 925. The number of aryl methyl sites for hydroxylation is 3. The van der Waals surface area contributed by atoms with E-state index in [-0.39, 0.29) is 5.41 Å². The fourth-order valence-corrected chi connectivity index (χ4v) is 4.03. The molecule has 0 N–H and O–H groups in total. The summed E-state index contributed by atoms with van der Waals surface area (Å²) in [6.45, 7) is 15.0. The first-order valence-electron chi connectivity index (χ1n) is 9.51. The molecule has 0 fully saturated rings. The summed E-state index contributed by atoms with van der Waals surface area (Å²) in [6.07, 6.45) is 0.855. The Morgan fingerprint density at radius 2 is 1.58 bits per heavy atom. The van der Waals surface area contributed by atoms with E-state index >= 15 is 0 Å². The monoisotopic (exact) mass is 347 g/mol. The van der Waals surface area contributed by atoms with Crippen LogP contribution < -0.4 is 0 Å². The Balaban J connectivity index is 0.000000948. The lowest BCUT2D eigenvalue weighted by Gasteiger charge is -2.26. The van der Waals surface area contributed by atoms with Crippen molar-refractivity contribution in [2.75, 3.05) is 0 Å². The van der Waals surface area contributed by atoms with Gasteiger partial charge in [0, 0.05) is 12.0 Å². The molecule has 0 unspecified atom stereocenters. The van der Waals surface area contributed by atoms with Crippen LogP contribution in [0, 0.1) is 20.8 Å². The molecule has 1 aliphatic rings. The Morgan fingerprint density at radius 1 is 0.962 bits per heavy atom. The van der Waals surface area contributed by atoms with Gasteiger partial charge in [0.15, 0.2) is 11.6 Å². The van der Waals surface area contributed by atoms with Crippen molar-refractivity contribution in [3.63, 3.8) is 0 Å². The lowest BCUT2D eigenvalue weighted by molar-refractivity contribution is 0.508. The molecule has 0 radical (unpaired) electrons. The zero-order valence-electron chi connectivity index (χ0n) is 17.0. The maximum atomic E-state index is 4.88. The summed E-state index contributed by atoms with van der Waals surface area (Å²) >= 11 is 0. The first-order valence-corrected chi connectivity index (χ1v) is 9.51. The van der Waals surface area contributed by atoms with Gasteiger partial charge in [-0.3, -0.25) is 0 Å². The van der Waals surface area contributed by atoms with Crippen molar-refractivity contribution in [2.45, 2.75) is 60.3 Å². The van der Waals surface area contributed by atoms with Crippen molar-refractivity contribution < 1.29 is 0 Å². The highest BCUT2D eigenvalue weighted by Gasteiger charge is 2.32. The number of fused-ring (bicyclic) bond motifs is 4.